The van der Waals surface area contributed by atoms with Crippen molar-refractivity contribution in [1.29, 1.82) is 0 Å². The molecule has 1 amide bonds. The molecule has 180 valence electrons. The lowest BCUT2D eigenvalue weighted by Gasteiger charge is -2.32. The first-order valence-electron chi connectivity index (χ1n) is 11.5. The minimum absolute atomic E-state index is 0.253. The Morgan fingerprint density at radius 1 is 1.15 bits per heavy atom. The van der Waals surface area contributed by atoms with E-state index in [0.717, 1.165) is 35.1 Å². The highest BCUT2D eigenvalue weighted by molar-refractivity contribution is 7.92. The number of benzene rings is 2. The fraction of sp³-hybridized carbons (Fsp3) is 0.480. The number of carbonyl (C=O) groups excluding carboxylic acids is 1. The number of nitrogens with one attached hydrogen (secondary N) is 1. The zero-order chi connectivity index (χ0) is 24.0. The minimum Gasteiger partial charge on any atom is -0.492 e. The Morgan fingerprint density at radius 3 is 2.39 bits per heavy atom. The molecule has 1 N–H and O–H groups in total. The number of para-hydroxylation sites is 2. The van der Waals surface area contributed by atoms with Gasteiger partial charge in [-0.3, -0.25) is 9.10 Å². The summed E-state index contributed by atoms with van der Waals surface area (Å²) in [5, 5.41) is 2.93. The lowest BCUT2D eigenvalue weighted by molar-refractivity contribution is -0.120. The fourth-order valence-corrected chi connectivity index (χ4v) is 4.92. The van der Waals surface area contributed by atoms with Gasteiger partial charge in [-0.25, -0.2) is 8.42 Å². The molecule has 1 atom stereocenters. The van der Waals surface area contributed by atoms with E-state index in [0.29, 0.717) is 18.0 Å². The van der Waals surface area contributed by atoms with E-state index in [4.69, 9.17) is 4.74 Å². The third-order valence-electron chi connectivity index (χ3n) is 6.04. The van der Waals surface area contributed by atoms with E-state index in [1.807, 2.05) is 26.0 Å². The second-order valence-corrected chi connectivity index (χ2v) is 10.6. The molecule has 33 heavy (non-hydrogen) atoms. The van der Waals surface area contributed by atoms with Crippen molar-refractivity contribution in [3.63, 3.8) is 0 Å². The molecular formula is C25H35N3O4S. The van der Waals surface area contributed by atoms with Crippen molar-refractivity contribution in [1.82, 2.24) is 5.32 Å². The van der Waals surface area contributed by atoms with E-state index in [2.05, 4.69) is 29.3 Å². The van der Waals surface area contributed by atoms with E-state index in [1.165, 1.54) is 18.5 Å². The average molecular weight is 474 g/mol. The van der Waals surface area contributed by atoms with Crippen LogP contribution in [0.4, 0.5) is 11.4 Å². The summed E-state index contributed by atoms with van der Waals surface area (Å²) in [4.78, 5) is 15.2. The second kappa shape index (κ2) is 10.9. The summed E-state index contributed by atoms with van der Waals surface area (Å²) in [6.07, 6.45) is 3.50. The highest BCUT2D eigenvalue weighted by Gasteiger charge is 2.25. The van der Waals surface area contributed by atoms with Crippen LogP contribution < -0.4 is 19.3 Å². The largest absolute Gasteiger partial charge is 0.492 e. The predicted molar refractivity (Wildman–Crippen MR) is 133 cm³/mol. The van der Waals surface area contributed by atoms with E-state index >= 15 is 0 Å². The van der Waals surface area contributed by atoms with Crippen molar-refractivity contribution in [2.45, 2.75) is 39.7 Å². The minimum atomic E-state index is -3.69. The molecule has 1 unspecified atom stereocenters. The summed E-state index contributed by atoms with van der Waals surface area (Å²) in [6.45, 7) is 8.23. The molecule has 3 rings (SSSR count). The number of hydrogen-bond donors (Lipinski definition) is 1. The van der Waals surface area contributed by atoms with Gasteiger partial charge in [-0.05, 0) is 62.4 Å². The average Bonchev–Trinajstić information content (AvgIpc) is 2.78. The lowest BCUT2D eigenvalue weighted by atomic mass is 9.98. The predicted octanol–water partition coefficient (Wildman–Crippen LogP) is 3.97. The topological polar surface area (TPSA) is 79.0 Å². The molecule has 1 heterocycles. The molecule has 0 aliphatic carbocycles. The zero-order valence-electron chi connectivity index (χ0n) is 20.0. The van der Waals surface area contributed by atoms with Crippen LogP contribution in [0.2, 0.25) is 0 Å². The van der Waals surface area contributed by atoms with Gasteiger partial charge in [0, 0.05) is 18.8 Å². The molecule has 1 aliphatic heterocycles. The highest BCUT2D eigenvalue weighted by Crippen LogP contribution is 2.30. The number of sulfonamides is 1. The number of nitrogens with zero attached hydrogens (tertiary/aromatic N) is 2. The van der Waals surface area contributed by atoms with Gasteiger partial charge in [-0.15, -0.1) is 0 Å². The van der Waals surface area contributed by atoms with Crippen LogP contribution in [0.3, 0.4) is 0 Å². The van der Waals surface area contributed by atoms with Crippen LogP contribution in [0.25, 0.3) is 0 Å². The normalized spacial score (nSPS) is 15.7. The van der Waals surface area contributed by atoms with Gasteiger partial charge >= 0.3 is 0 Å². The maximum absolute atomic E-state index is 12.8. The van der Waals surface area contributed by atoms with E-state index in [9.17, 15) is 13.2 Å². The summed E-state index contributed by atoms with van der Waals surface area (Å²) in [5.74, 6) is 0.824. The molecule has 0 aromatic heterocycles. The van der Waals surface area contributed by atoms with Gasteiger partial charge in [-0.2, -0.15) is 0 Å². The molecule has 0 radical (unpaired) electrons. The van der Waals surface area contributed by atoms with Crippen molar-refractivity contribution >= 4 is 27.3 Å². The van der Waals surface area contributed by atoms with Gasteiger partial charge in [0.2, 0.25) is 15.9 Å². The monoisotopic (exact) mass is 473 g/mol. The van der Waals surface area contributed by atoms with Crippen molar-refractivity contribution in [3.05, 3.63) is 54.1 Å². The number of ether oxygens (including phenoxy) is 1. The van der Waals surface area contributed by atoms with Crippen LogP contribution in [-0.2, 0) is 14.8 Å². The lowest BCUT2D eigenvalue weighted by Crippen LogP contribution is -2.41. The SMILES string of the molecule is CCOc1ccccc1N(CC(=O)NC(C)c1ccc(N2CCC(C)CC2)cc1)S(C)(=O)=O. The maximum Gasteiger partial charge on any atom is 0.241 e. The van der Waals surface area contributed by atoms with Crippen LogP contribution in [0.1, 0.15) is 45.2 Å². The first-order valence-corrected chi connectivity index (χ1v) is 13.4. The van der Waals surface area contributed by atoms with Crippen LogP contribution in [0.5, 0.6) is 5.75 Å². The number of carbonyl (C=O) groups is 1. The van der Waals surface area contributed by atoms with Crippen LogP contribution in [0, 0.1) is 5.92 Å². The third kappa shape index (κ3) is 6.63. The maximum atomic E-state index is 12.8. The first kappa shape index (κ1) is 24.9. The second-order valence-electron chi connectivity index (χ2n) is 8.72. The Labute approximate surface area is 197 Å². The van der Waals surface area contributed by atoms with Gasteiger partial charge in [-0.1, -0.05) is 31.2 Å². The van der Waals surface area contributed by atoms with Gasteiger partial charge in [0.25, 0.3) is 0 Å². The standard InChI is InChI=1S/C25H35N3O4S/c1-5-32-24-9-7-6-8-23(24)28(33(4,30)31)18-25(29)26-20(3)21-10-12-22(13-11-21)27-16-14-19(2)15-17-27/h6-13,19-20H,5,14-18H2,1-4H3,(H,26,29). The number of piperidine rings is 1. The molecule has 1 aliphatic rings. The summed E-state index contributed by atoms with van der Waals surface area (Å²) in [5.41, 5.74) is 2.52. The number of anilines is 2. The summed E-state index contributed by atoms with van der Waals surface area (Å²) in [7, 11) is -3.69. The molecule has 0 bridgehead atoms. The van der Waals surface area contributed by atoms with Crippen LogP contribution in [-0.4, -0.2) is 46.8 Å². The number of hydrogen-bond acceptors (Lipinski definition) is 5. The smallest absolute Gasteiger partial charge is 0.241 e. The van der Waals surface area contributed by atoms with Crippen molar-refractivity contribution in [2.75, 3.05) is 41.7 Å². The molecule has 2 aromatic carbocycles. The van der Waals surface area contributed by atoms with Crippen molar-refractivity contribution in [2.24, 2.45) is 5.92 Å². The summed E-state index contributed by atoms with van der Waals surface area (Å²) < 4.78 is 31.6. The van der Waals surface area contributed by atoms with E-state index in [-0.39, 0.29) is 18.5 Å². The van der Waals surface area contributed by atoms with Gasteiger partial charge in [0.1, 0.15) is 12.3 Å². The van der Waals surface area contributed by atoms with Gasteiger partial charge in [0.05, 0.1) is 24.6 Å². The van der Waals surface area contributed by atoms with Crippen molar-refractivity contribution in [3.8, 4) is 5.75 Å². The van der Waals surface area contributed by atoms with E-state index < -0.39 is 10.0 Å². The van der Waals surface area contributed by atoms with Crippen LogP contribution >= 0.6 is 0 Å². The molecule has 0 saturated carbocycles. The molecule has 0 spiro atoms. The van der Waals surface area contributed by atoms with Gasteiger partial charge < -0.3 is 15.0 Å². The quantitative estimate of drug-likeness (QED) is 0.596. The Balaban J connectivity index is 1.67. The molecule has 7 nitrogen and oxygen atoms in total. The first-order chi connectivity index (χ1) is 15.7. The Kier molecular flexibility index (Phi) is 8.24. The zero-order valence-corrected chi connectivity index (χ0v) is 20.8. The highest BCUT2D eigenvalue weighted by atomic mass is 32.2. The fourth-order valence-electron chi connectivity index (χ4n) is 4.06. The molecule has 1 saturated heterocycles. The van der Waals surface area contributed by atoms with Crippen molar-refractivity contribution < 1.29 is 17.9 Å². The number of amides is 1. The molecular weight excluding hydrogens is 438 g/mol. The molecule has 2 aromatic rings. The summed E-state index contributed by atoms with van der Waals surface area (Å²) >= 11 is 0. The van der Waals surface area contributed by atoms with Gasteiger partial charge in [0.15, 0.2) is 0 Å². The van der Waals surface area contributed by atoms with Crippen LogP contribution in [0.15, 0.2) is 48.5 Å². The third-order valence-corrected chi connectivity index (χ3v) is 7.17. The molecule has 8 heteroatoms. The van der Waals surface area contributed by atoms with E-state index in [1.54, 1.807) is 24.3 Å². The summed E-state index contributed by atoms with van der Waals surface area (Å²) in [6, 6.07) is 14.8. The number of rotatable bonds is 9. The Bertz CT molecular complexity index is 1030. The Hall–Kier alpha value is -2.74. The molecule has 1 fully saturated rings. The Morgan fingerprint density at radius 2 is 1.79 bits per heavy atom.